The van der Waals surface area contributed by atoms with Gasteiger partial charge in [0.15, 0.2) is 0 Å². The first-order valence-corrected chi connectivity index (χ1v) is 7.18. The molecule has 0 heterocycles. The van der Waals surface area contributed by atoms with Crippen molar-refractivity contribution in [3.63, 3.8) is 0 Å². The maximum Gasteiger partial charge on any atom is 0.119 e. The minimum atomic E-state index is 0.0896. The third-order valence-electron chi connectivity index (χ3n) is 4.22. The van der Waals surface area contributed by atoms with Crippen molar-refractivity contribution < 1.29 is 9.47 Å². The lowest BCUT2D eigenvalue weighted by atomic mass is 9.74. The Labute approximate surface area is 116 Å². The molecule has 0 aliphatic heterocycles. The summed E-state index contributed by atoms with van der Waals surface area (Å²) in [7, 11) is 3.85. The van der Waals surface area contributed by atoms with Gasteiger partial charge in [-0.15, -0.1) is 0 Å². The second-order valence-electron chi connectivity index (χ2n) is 5.29. The number of ether oxygens (including phenoxy) is 2. The predicted molar refractivity (Wildman–Crippen MR) is 77.6 cm³/mol. The molecule has 3 heteroatoms. The van der Waals surface area contributed by atoms with Gasteiger partial charge in [0.1, 0.15) is 5.75 Å². The van der Waals surface area contributed by atoms with Crippen LogP contribution in [-0.2, 0) is 4.74 Å². The van der Waals surface area contributed by atoms with Gasteiger partial charge in [-0.25, -0.2) is 0 Å². The van der Waals surface area contributed by atoms with E-state index in [1.54, 1.807) is 0 Å². The summed E-state index contributed by atoms with van der Waals surface area (Å²) in [5, 5.41) is 3.41. The van der Waals surface area contributed by atoms with Crippen LogP contribution in [0.1, 0.15) is 44.2 Å². The number of nitrogens with one attached hydrogen (secondary N) is 1. The molecule has 3 nitrogen and oxygen atoms in total. The first-order valence-electron chi connectivity index (χ1n) is 7.18. The Bertz CT molecular complexity index is 379. The topological polar surface area (TPSA) is 30.5 Å². The number of hydrogen-bond acceptors (Lipinski definition) is 3. The smallest absolute Gasteiger partial charge is 0.119 e. The van der Waals surface area contributed by atoms with Gasteiger partial charge in [0.05, 0.1) is 12.2 Å². The quantitative estimate of drug-likeness (QED) is 0.818. The lowest BCUT2D eigenvalue weighted by Crippen LogP contribution is -2.42. The van der Waals surface area contributed by atoms with Crippen LogP contribution >= 0.6 is 0 Å². The molecule has 1 saturated carbocycles. The van der Waals surface area contributed by atoms with Crippen molar-refractivity contribution in [2.24, 2.45) is 0 Å². The summed E-state index contributed by atoms with van der Waals surface area (Å²) in [4.78, 5) is 0. The minimum absolute atomic E-state index is 0.0896. The van der Waals surface area contributed by atoms with Crippen LogP contribution in [-0.4, -0.2) is 26.4 Å². The fourth-order valence-corrected chi connectivity index (χ4v) is 2.78. The normalized spacial score (nSPS) is 18.7. The number of rotatable bonds is 7. The first kappa shape index (κ1) is 14.4. The third kappa shape index (κ3) is 3.28. The van der Waals surface area contributed by atoms with E-state index in [1.807, 2.05) is 33.2 Å². The third-order valence-corrected chi connectivity index (χ3v) is 4.22. The molecule has 1 fully saturated rings. The monoisotopic (exact) mass is 263 g/mol. The predicted octanol–water partition coefficient (Wildman–Crippen LogP) is 3.31. The van der Waals surface area contributed by atoms with E-state index in [9.17, 15) is 0 Å². The molecule has 0 bridgehead atoms. The summed E-state index contributed by atoms with van der Waals surface area (Å²) in [5.74, 6) is 0.936. The van der Waals surface area contributed by atoms with Crippen molar-refractivity contribution >= 4 is 0 Å². The van der Waals surface area contributed by atoms with Gasteiger partial charge in [-0.3, -0.25) is 0 Å². The molecule has 1 aliphatic rings. The molecule has 106 valence electrons. The van der Waals surface area contributed by atoms with Gasteiger partial charge < -0.3 is 14.8 Å². The van der Waals surface area contributed by atoms with Gasteiger partial charge in [-0.05, 0) is 57.4 Å². The summed E-state index contributed by atoms with van der Waals surface area (Å²) in [6, 6.07) is 8.73. The van der Waals surface area contributed by atoms with E-state index >= 15 is 0 Å². The van der Waals surface area contributed by atoms with E-state index in [1.165, 1.54) is 24.8 Å². The molecular formula is C16H25NO2. The fourth-order valence-electron chi connectivity index (χ4n) is 2.78. The maximum atomic E-state index is 5.73. The molecule has 1 aliphatic carbocycles. The highest BCUT2D eigenvalue weighted by Gasteiger charge is 2.39. The second kappa shape index (κ2) is 6.40. The largest absolute Gasteiger partial charge is 0.494 e. The fraction of sp³-hybridized carbons (Fsp3) is 0.625. The lowest BCUT2D eigenvalue weighted by molar-refractivity contribution is -0.0834. The van der Waals surface area contributed by atoms with Crippen LogP contribution in [0.15, 0.2) is 24.3 Å². The molecule has 1 aromatic carbocycles. The number of methoxy groups -OCH3 is 1. The van der Waals surface area contributed by atoms with E-state index in [0.29, 0.717) is 12.6 Å². The van der Waals surface area contributed by atoms with Gasteiger partial charge in [0, 0.05) is 13.2 Å². The molecular weight excluding hydrogens is 238 g/mol. The molecule has 0 radical (unpaired) electrons. The van der Waals surface area contributed by atoms with E-state index in [0.717, 1.165) is 12.2 Å². The Hall–Kier alpha value is -1.06. The summed E-state index contributed by atoms with van der Waals surface area (Å²) in [6.45, 7) is 2.71. The van der Waals surface area contributed by atoms with Gasteiger partial charge in [0.2, 0.25) is 0 Å². The number of hydrogen-bond donors (Lipinski definition) is 1. The van der Waals surface area contributed by atoms with E-state index < -0.39 is 0 Å². The van der Waals surface area contributed by atoms with Crippen molar-refractivity contribution in [3.8, 4) is 5.75 Å². The van der Waals surface area contributed by atoms with Crippen molar-refractivity contribution in [3.05, 3.63) is 29.8 Å². The van der Waals surface area contributed by atoms with Crippen LogP contribution in [0, 0.1) is 0 Å². The average Bonchev–Trinajstić information content (AvgIpc) is 2.40. The molecule has 1 atom stereocenters. The van der Waals surface area contributed by atoms with Crippen molar-refractivity contribution in [1.82, 2.24) is 5.32 Å². The summed E-state index contributed by atoms with van der Waals surface area (Å²) < 4.78 is 11.2. The SMILES string of the molecule is CCOc1ccc(C(CC2(OC)CCC2)NC)cc1. The Morgan fingerprint density at radius 1 is 1.26 bits per heavy atom. The van der Waals surface area contributed by atoms with Gasteiger partial charge in [-0.1, -0.05) is 12.1 Å². The van der Waals surface area contributed by atoms with Crippen LogP contribution in [0.4, 0.5) is 0 Å². The molecule has 19 heavy (non-hydrogen) atoms. The zero-order valence-electron chi connectivity index (χ0n) is 12.2. The van der Waals surface area contributed by atoms with Crippen molar-refractivity contribution in [2.45, 2.75) is 44.2 Å². The molecule has 1 N–H and O–H groups in total. The van der Waals surface area contributed by atoms with Crippen LogP contribution < -0.4 is 10.1 Å². The standard InChI is InChI=1S/C16H25NO2/c1-4-19-14-8-6-13(7-9-14)15(17-2)12-16(18-3)10-5-11-16/h6-9,15,17H,4-5,10-12H2,1-3H3. The molecule has 0 aromatic heterocycles. The summed E-state index contributed by atoms with van der Waals surface area (Å²) >= 11 is 0. The highest BCUT2D eigenvalue weighted by Crippen LogP contribution is 2.41. The minimum Gasteiger partial charge on any atom is -0.494 e. The Balaban J connectivity index is 2.04. The molecule has 1 unspecified atom stereocenters. The number of benzene rings is 1. The average molecular weight is 263 g/mol. The highest BCUT2D eigenvalue weighted by atomic mass is 16.5. The highest BCUT2D eigenvalue weighted by molar-refractivity contribution is 5.29. The van der Waals surface area contributed by atoms with Crippen LogP contribution in [0.2, 0.25) is 0 Å². The molecule has 2 rings (SSSR count). The summed E-state index contributed by atoms with van der Waals surface area (Å²) in [5.41, 5.74) is 1.39. The Kier molecular flexibility index (Phi) is 4.83. The first-order chi connectivity index (χ1) is 9.23. The lowest BCUT2D eigenvalue weighted by Gasteiger charge is -2.43. The molecule has 0 amide bonds. The zero-order valence-corrected chi connectivity index (χ0v) is 12.2. The van der Waals surface area contributed by atoms with E-state index in [2.05, 4.69) is 17.4 Å². The zero-order chi connectivity index (χ0) is 13.7. The van der Waals surface area contributed by atoms with Crippen LogP contribution in [0.3, 0.4) is 0 Å². The maximum absolute atomic E-state index is 5.73. The molecule has 0 spiro atoms. The van der Waals surface area contributed by atoms with Crippen LogP contribution in [0.25, 0.3) is 0 Å². The summed E-state index contributed by atoms with van der Waals surface area (Å²) in [6.07, 6.45) is 4.68. The van der Waals surface area contributed by atoms with Crippen molar-refractivity contribution in [2.75, 3.05) is 20.8 Å². The molecule has 0 saturated heterocycles. The second-order valence-corrected chi connectivity index (χ2v) is 5.29. The van der Waals surface area contributed by atoms with E-state index in [-0.39, 0.29) is 5.60 Å². The van der Waals surface area contributed by atoms with Gasteiger partial charge in [-0.2, -0.15) is 0 Å². The van der Waals surface area contributed by atoms with Crippen LogP contribution in [0.5, 0.6) is 5.75 Å². The van der Waals surface area contributed by atoms with E-state index in [4.69, 9.17) is 9.47 Å². The molecule has 1 aromatic rings. The van der Waals surface area contributed by atoms with Gasteiger partial charge >= 0.3 is 0 Å². The van der Waals surface area contributed by atoms with Gasteiger partial charge in [0.25, 0.3) is 0 Å². The Morgan fingerprint density at radius 3 is 2.37 bits per heavy atom. The van der Waals surface area contributed by atoms with Crippen molar-refractivity contribution in [1.29, 1.82) is 0 Å². The Morgan fingerprint density at radius 2 is 1.95 bits per heavy atom.